The minimum atomic E-state index is -1.13. The Morgan fingerprint density at radius 2 is 1.79 bits per heavy atom. The van der Waals surface area contributed by atoms with Crippen molar-refractivity contribution in [2.24, 2.45) is 0 Å². The molecule has 0 saturated carbocycles. The number of carbonyl (C=O) groups excluding carboxylic acids is 1. The Kier molecular flexibility index (Phi) is 4.08. The average Bonchev–Trinajstić information content (AvgIpc) is 2.61. The highest BCUT2D eigenvalue weighted by atomic mass is 19.1. The summed E-state index contributed by atoms with van der Waals surface area (Å²) < 4.78 is 13.8. The van der Waals surface area contributed by atoms with Gasteiger partial charge in [0.1, 0.15) is 11.9 Å². The van der Waals surface area contributed by atoms with E-state index in [0.29, 0.717) is 10.8 Å². The summed E-state index contributed by atoms with van der Waals surface area (Å²) >= 11 is 0. The molecule has 2 N–H and O–H groups in total. The van der Waals surface area contributed by atoms with Gasteiger partial charge in [0.15, 0.2) is 0 Å². The van der Waals surface area contributed by atoms with Crippen LogP contribution in [0.25, 0.3) is 10.8 Å². The second-order valence-electron chi connectivity index (χ2n) is 5.13. The Hall–Kier alpha value is -3.46. The molecular weight excluding hydrogens is 309 g/mol. The Labute approximate surface area is 136 Å². The molecule has 2 aromatic carbocycles. The first kappa shape index (κ1) is 15.4. The summed E-state index contributed by atoms with van der Waals surface area (Å²) in [5, 5.41) is 12.6. The summed E-state index contributed by atoms with van der Waals surface area (Å²) in [6.07, 6.45) is 1.29. The summed E-state index contributed by atoms with van der Waals surface area (Å²) in [7, 11) is 0. The highest BCUT2D eigenvalue weighted by molar-refractivity contribution is 6.06. The third-order valence-corrected chi connectivity index (χ3v) is 3.67. The lowest BCUT2D eigenvalue weighted by molar-refractivity contribution is 0.0946. The van der Waals surface area contributed by atoms with Crippen LogP contribution in [0.2, 0.25) is 0 Å². The predicted molar refractivity (Wildman–Crippen MR) is 86.8 cm³/mol. The summed E-state index contributed by atoms with van der Waals surface area (Å²) in [5.41, 5.74) is -0.0167. The van der Waals surface area contributed by atoms with Crippen LogP contribution in [0, 0.1) is 17.1 Å². The maximum absolute atomic E-state index is 13.8. The first-order valence-corrected chi connectivity index (χ1v) is 7.17. The van der Waals surface area contributed by atoms with Crippen LogP contribution in [0.15, 0.2) is 59.5 Å². The van der Waals surface area contributed by atoms with Crippen molar-refractivity contribution in [3.8, 4) is 6.07 Å². The molecule has 6 heteroatoms. The topological polar surface area (TPSA) is 85.8 Å². The molecule has 24 heavy (non-hydrogen) atoms. The number of rotatable bonds is 3. The standard InChI is InChI=1S/C18H12FN3O2/c19-15-8-4-3-7-13(15)16(9-20)22-18(24)14-10-21-17(23)12-6-2-1-5-11(12)14/h1-8,10,16H,(H,21,23)(H,22,24)/t16-/m0/s1. The number of hydrogen-bond acceptors (Lipinski definition) is 3. The SMILES string of the molecule is N#C[C@H](NC(=O)c1c[nH]c(=O)c2ccccc12)c1ccccc1F. The largest absolute Gasteiger partial charge is 0.332 e. The van der Waals surface area contributed by atoms with Gasteiger partial charge in [0.05, 0.1) is 11.6 Å². The van der Waals surface area contributed by atoms with E-state index in [0.717, 1.165) is 0 Å². The number of nitrogens with one attached hydrogen (secondary N) is 2. The Balaban J connectivity index is 1.99. The van der Waals surface area contributed by atoms with Crippen molar-refractivity contribution in [1.82, 2.24) is 10.3 Å². The summed E-state index contributed by atoms with van der Waals surface area (Å²) in [4.78, 5) is 26.8. The van der Waals surface area contributed by atoms with Gasteiger partial charge in [-0.3, -0.25) is 9.59 Å². The van der Waals surface area contributed by atoms with Gasteiger partial charge < -0.3 is 10.3 Å². The summed E-state index contributed by atoms with van der Waals surface area (Å²) in [5.74, 6) is -1.15. The molecule has 1 atom stereocenters. The molecule has 1 aromatic heterocycles. The Bertz CT molecular complexity index is 1020. The molecule has 0 unspecified atom stereocenters. The van der Waals surface area contributed by atoms with Crippen LogP contribution in [0.1, 0.15) is 22.0 Å². The van der Waals surface area contributed by atoms with Crippen LogP contribution in [0.3, 0.4) is 0 Å². The molecule has 0 aliphatic carbocycles. The van der Waals surface area contributed by atoms with Crippen LogP contribution in [0.5, 0.6) is 0 Å². The van der Waals surface area contributed by atoms with Crippen molar-refractivity contribution in [3.05, 3.63) is 82.0 Å². The lowest BCUT2D eigenvalue weighted by atomic mass is 10.0. The third-order valence-electron chi connectivity index (χ3n) is 3.67. The van der Waals surface area contributed by atoms with Gasteiger partial charge in [-0.15, -0.1) is 0 Å². The zero-order valence-electron chi connectivity index (χ0n) is 12.4. The van der Waals surface area contributed by atoms with Crippen LogP contribution in [-0.2, 0) is 0 Å². The van der Waals surface area contributed by atoms with Crippen molar-refractivity contribution in [3.63, 3.8) is 0 Å². The Morgan fingerprint density at radius 1 is 1.12 bits per heavy atom. The number of amides is 1. The van der Waals surface area contributed by atoms with Gasteiger partial charge in [0.2, 0.25) is 0 Å². The molecule has 118 valence electrons. The van der Waals surface area contributed by atoms with E-state index in [9.17, 15) is 19.2 Å². The minimum absolute atomic E-state index is 0.0853. The molecule has 3 aromatic rings. The van der Waals surface area contributed by atoms with Crippen molar-refractivity contribution in [2.45, 2.75) is 6.04 Å². The maximum atomic E-state index is 13.8. The monoisotopic (exact) mass is 321 g/mol. The highest BCUT2D eigenvalue weighted by Gasteiger charge is 2.20. The number of halogens is 1. The van der Waals surface area contributed by atoms with Gasteiger partial charge in [-0.25, -0.2) is 4.39 Å². The molecular formula is C18H12FN3O2. The fraction of sp³-hybridized carbons (Fsp3) is 0.0556. The second kappa shape index (κ2) is 6.34. The lowest BCUT2D eigenvalue weighted by Crippen LogP contribution is -2.29. The van der Waals surface area contributed by atoms with Crippen molar-refractivity contribution >= 4 is 16.7 Å². The van der Waals surface area contributed by atoms with Gasteiger partial charge in [-0.1, -0.05) is 36.4 Å². The maximum Gasteiger partial charge on any atom is 0.255 e. The molecule has 1 heterocycles. The average molecular weight is 321 g/mol. The number of pyridine rings is 1. The molecule has 0 bridgehead atoms. The second-order valence-corrected chi connectivity index (χ2v) is 5.13. The van der Waals surface area contributed by atoms with Crippen LogP contribution < -0.4 is 10.9 Å². The lowest BCUT2D eigenvalue weighted by Gasteiger charge is -2.13. The van der Waals surface area contributed by atoms with Gasteiger partial charge in [-0.05, 0) is 12.1 Å². The number of aromatic amines is 1. The first-order valence-electron chi connectivity index (χ1n) is 7.17. The van der Waals surface area contributed by atoms with E-state index < -0.39 is 17.8 Å². The molecule has 0 fully saturated rings. The van der Waals surface area contributed by atoms with Gasteiger partial charge in [0, 0.05) is 22.5 Å². The van der Waals surface area contributed by atoms with Crippen molar-refractivity contribution < 1.29 is 9.18 Å². The Morgan fingerprint density at radius 3 is 2.50 bits per heavy atom. The molecule has 1 amide bonds. The third kappa shape index (κ3) is 2.75. The molecule has 0 aliphatic heterocycles. The van der Waals surface area contributed by atoms with Crippen molar-refractivity contribution in [1.29, 1.82) is 5.26 Å². The van der Waals surface area contributed by atoms with Gasteiger partial charge >= 0.3 is 0 Å². The van der Waals surface area contributed by atoms with E-state index in [4.69, 9.17) is 0 Å². The molecule has 5 nitrogen and oxygen atoms in total. The summed E-state index contributed by atoms with van der Waals surface area (Å²) in [6.45, 7) is 0. The number of H-pyrrole nitrogens is 1. The van der Waals surface area contributed by atoms with E-state index in [1.54, 1.807) is 30.3 Å². The van der Waals surface area contributed by atoms with Gasteiger partial charge in [-0.2, -0.15) is 5.26 Å². The molecule has 3 rings (SSSR count). The number of carbonyl (C=O) groups is 1. The van der Waals surface area contributed by atoms with E-state index >= 15 is 0 Å². The minimum Gasteiger partial charge on any atom is -0.332 e. The quantitative estimate of drug-likeness (QED) is 0.777. The summed E-state index contributed by atoms with van der Waals surface area (Å²) in [6, 6.07) is 13.1. The molecule has 0 saturated heterocycles. The van der Waals surface area contributed by atoms with E-state index in [1.807, 2.05) is 6.07 Å². The fourth-order valence-electron chi connectivity index (χ4n) is 2.49. The highest BCUT2D eigenvalue weighted by Crippen LogP contribution is 2.19. The smallest absolute Gasteiger partial charge is 0.255 e. The predicted octanol–water partition coefficient (Wildman–Crippen LogP) is 2.66. The zero-order valence-corrected chi connectivity index (χ0v) is 12.4. The zero-order chi connectivity index (χ0) is 17.1. The van der Waals surface area contributed by atoms with Crippen LogP contribution in [-0.4, -0.2) is 10.9 Å². The van der Waals surface area contributed by atoms with Crippen LogP contribution >= 0.6 is 0 Å². The number of nitrogens with zero attached hydrogens (tertiary/aromatic N) is 1. The van der Waals surface area contributed by atoms with Crippen LogP contribution in [0.4, 0.5) is 4.39 Å². The molecule has 0 radical (unpaired) electrons. The number of hydrogen-bond donors (Lipinski definition) is 2. The fourth-order valence-corrected chi connectivity index (χ4v) is 2.49. The number of nitriles is 1. The number of benzene rings is 2. The van der Waals surface area contributed by atoms with Gasteiger partial charge in [0.25, 0.3) is 11.5 Å². The van der Waals surface area contributed by atoms with Crippen molar-refractivity contribution in [2.75, 3.05) is 0 Å². The molecule has 0 aliphatic rings. The normalized spacial score (nSPS) is 11.7. The number of aromatic nitrogens is 1. The van der Waals surface area contributed by atoms with E-state index in [-0.39, 0.29) is 16.7 Å². The van der Waals surface area contributed by atoms with E-state index in [1.165, 1.54) is 24.4 Å². The molecule has 0 spiro atoms. The first-order chi connectivity index (χ1) is 11.6. The number of fused-ring (bicyclic) bond motifs is 1. The van der Waals surface area contributed by atoms with E-state index in [2.05, 4.69) is 10.3 Å².